The van der Waals surface area contributed by atoms with Crippen molar-refractivity contribution in [2.75, 3.05) is 11.9 Å². The van der Waals surface area contributed by atoms with E-state index in [2.05, 4.69) is 5.32 Å². The third kappa shape index (κ3) is 3.83. The number of aromatic nitrogens is 1. The molecular weight excluding hydrogens is 358 g/mol. The fourth-order valence-electron chi connectivity index (χ4n) is 2.84. The number of anilines is 1. The van der Waals surface area contributed by atoms with E-state index in [1.165, 1.54) is 28.2 Å². The fraction of sp³-hybridized carbons (Fsp3) is 0.294. The van der Waals surface area contributed by atoms with Gasteiger partial charge in [0.1, 0.15) is 11.5 Å². The number of esters is 1. The molecule has 2 amide bonds. The van der Waals surface area contributed by atoms with E-state index >= 15 is 0 Å². The van der Waals surface area contributed by atoms with Crippen molar-refractivity contribution in [3.63, 3.8) is 0 Å². The molecular formula is C17H17N3O5S. The predicted molar refractivity (Wildman–Crippen MR) is 95.2 cm³/mol. The lowest BCUT2D eigenvalue weighted by atomic mass is 10.1. The summed E-state index contributed by atoms with van der Waals surface area (Å²) in [6.45, 7) is -0.798. The molecule has 26 heavy (non-hydrogen) atoms. The summed E-state index contributed by atoms with van der Waals surface area (Å²) < 4.78 is 6.07. The van der Waals surface area contributed by atoms with Gasteiger partial charge in [0.15, 0.2) is 6.61 Å². The van der Waals surface area contributed by atoms with Gasteiger partial charge < -0.3 is 20.4 Å². The normalized spacial score (nSPS) is 12.5. The number of fused-ring (bicyclic) bond motifs is 1. The van der Waals surface area contributed by atoms with Gasteiger partial charge in [-0.05, 0) is 30.9 Å². The zero-order chi connectivity index (χ0) is 18.7. The Kier molecular flexibility index (Phi) is 5.17. The third-order valence-electron chi connectivity index (χ3n) is 3.98. The zero-order valence-corrected chi connectivity index (χ0v) is 14.6. The average molecular weight is 375 g/mol. The van der Waals surface area contributed by atoms with Crippen LogP contribution in [-0.2, 0) is 33.7 Å². The molecule has 0 aliphatic heterocycles. The van der Waals surface area contributed by atoms with Crippen molar-refractivity contribution in [1.82, 2.24) is 4.57 Å². The molecule has 2 heterocycles. The molecule has 3 rings (SSSR count). The summed E-state index contributed by atoms with van der Waals surface area (Å²) >= 11 is 1.33. The van der Waals surface area contributed by atoms with E-state index in [1.54, 1.807) is 12.1 Å². The highest BCUT2D eigenvalue weighted by molar-refractivity contribution is 7.17. The second-order valence-corrected chi connectivity index (χ2v) is 6.91. The molecule has 0 aromatic carbocycles. The first-order chi connectivity index (χ1) is 12.5. The number of nitrogens with two attached hydrogens (primary N) is 1. The third-order valence-corrected chi connectivity index (χ3v) is 5.19. The lowest BCUT2D eigenvalue weighted by Crippen LogP contribution is -2.27. The maximum absolute atomic E-state index is 12.0. The van der Waals surface area contributed by atoms with Gasteiger partial charge in [-0.15, -0.1) is 11.3 Å². The first-order valence-electron chi connectivity index (χ1n) is 8.01. The molecule has 0 unspecified atom stereocenters. The van der Waals surface area contributed by atoms with Crippen LogP contribution in [0.25, 0.3) is 0 Å². The van der Waals surface area contributed by atoms with Crippen molar-refractivity contribution in [2.24, 2.45) is 5.73 Å². The van der Waals surface area contributed by atoms with Gasteiger partial charge in [-0.3, -0.25) is 19.2 Å². The maximum atomic E-state index is 12.0. The van der Waals surface area contributed by atoms with Gasteiger partial charge in [-0.25, -0.2) is 0 Å². The van der Waals surface area contributed by atoms with Gasteiger partial charge >= 0.3 is 5.97 Å². The highest BCUT2D eigenvalue weighted by Gasteiger charge is 2.26. The van der Waals surface area contributed by atoms with Crippen molar-refractivity contribution in [2.45, 2.75) is 25.8 Å². The molecule has 0 fully saturated rings. The number of rotatable bonds is 6. The topological polar surface area (TPSA) is 120 Å². The number of aryl methyl sites for hydroxylation is 1. The molecule has 0 radical (unpaired) electrons. The van der Waals surface area contributed by atoms with Crippen molar-refractivity contribution in [3.8, 4) is 0 Å². The summed E-state index contributed by atoms with van der Waals surface area (Å²) in [5.74, 6) is -1.86. The maximum Gasteiger partial charge on any atom is 0.326 e. The van der Waals surface area contributed by atoms with Crippen molar-refractivity contribution in [1.29, 1.82) is 0 Å². The Morgan fingerprint density at radius 2 is 2.08 bits per heavy atom. The van der Waals surface area contributed by atoms with E-state index in [-0.39, 0.29) is 12.1 Å². The van der Waals surface area contributed by atoms with Crippen molar-refractivity contribution in [3.05, 3.63) is 50.8 Å². The lowest BCUT2D eigenvalue weighted by Gasteiger charge is -2.08. The number of carbonyl (C=O) groups is 3. The number of carbonyl (C=O) groups excluding carboxylic acids is 3. The van der Waals surface area contributed by atoms with Crippen LogP contribution < -0.4 is 16.6 Å². The summed E-state index contributed by atoms with van der Waals surface area (Å²) in [5, 5.41) is 2.98. The molecule has 3 N–H and O–H groups in total. The van der Waals surface area contributed by atoms with Gasteiger partial charge in [0.25, 0.3) is 17.4 Å². The van der Waals surface area contributed by atoms with Gasteiger partial charge in [0.05, 0.1) is 5.56 Å². The quantitative estimate of drug-likeness (QED) is 0.719. The number of thiophene rings is 1. The van der Waals surface area contributed by atoms with E-state index < -0.39 is 24.4 Å². The Morgan fingerprint density at radius 3 is 2.81 bits per heavy atom. The smallest absolute Gasteiger partial charge is 0.326 e. The van der Waals surface area contributed by atoms with E-state index in [0.29, 0.717) is 10.6 Å². The second-order valence-electron chi connectivity index (χ2n) is 5.80. The Morgan fingerprint density at radius 1 is 1.27 bits per heavy atom. The number of nitrogens with one attached hydrogen (secondary N) is 1. The minimum Gasteiger partial charge on any atom is -0.454 e. The summed E-state index contributed by atoms with van der Waals surface area (Å²) in [6, 6.07) is 4.50. The number of nitrogens with zero attached hydrogens (tertiary/aromatic N) is 1. The van der Waals surface area contributed by atoms with Gasteiger partial charge in [0, 0.05) is 17.1 Å². The molecule has 8 nitrogen and oxygen atoms in total. The van der Waals surface area contributed by atoms with Crippen LogP contribution in [0.15, 0.2) is 29.2 Å². The monoisotopic (exact) mass is 375 g/mol. The van der Waals surface area contributed by atoms with Crippen LogP contribution in [0.3, 0.4) is 0 Å². The van der Waals surface area contributed by atoms with Gasteiger partial charge in [-0.1, -0.05) is 6.07 Å². The SMILES string of the molecule is NC(=O)c1c(NC(=O)COC(=O)Cn2ccccc2=O)sc2c1CCC2. The molecule has 9 heteroatoms. The molecule has 0 saturated heterocycles. The standard InChI is InChI=1S/C17H17N3O5S/c18-16(24)15-10-4-3-5-11(10)26-17(15)19-12(21)9-25-14(23)8-20-7-2-1-6-13(20)22/h1-2,6-7H,3-5,8-9H2,(H2,18,24)(H,19,21). The minimum atomic E-state index is -0.711. The van der Waals surface area contributed by atoms with E-state index in [1.807, 2.05) is 0 Å². The first kappa shape index (κ1) is 17.9. The summed E-state index contributed by atoms with van der Waals surface area (Å²) in [6.07, 6.45) is 4.04. The molecule has 136 valence electrons. The molecule has 2 aromatic heterocycles. The molecule has 2 aromatic rings. The fourth-order valence-corrected chi connectivity index (χ4v) is 4.15. The molecule has 0 atom stereocenters. The summed E-state index contributed by atoms with van der Waals surface area (Å²) in [5.41, 5.74) is 6.34. The van der Waals surface area contributed by atoms with Crippen LogP contribution >= 0.6 is 11.3 Å². The largest absolute Gasteiger partial charge is 0.454 e. The highest BCUT2D eigenvalue weighted by atomic mass is 32.1. The van der Waals surface area contributed by atoms with Crippen LogP contribution in [0.1, 0.15) is 27.2 Å². The van der Waals surface area contributed by atoms with Gasteiger partial charge in [0.2, 0.25) is 0 Å². The van der Waals surface area contributed by atoms with E-state index in [0.717, 1.165) is 29.7 Å². The lowest BCUT2D eigenvalue weighted by molar-refractivity contribution is -0.147. The van der Waals surface area contributed by atoms with E-state index in [4.69, 9.17) is 10.5 Å². The molecule has 1 aliphatic carbocycles. The van der Waals surface area contributed by atoms with Gasteiger partial charge in [-0.2, -0.15) is 0 Å². The van der Waals surface area contributed by atoms with Crippen molar-refractivity contribution < 1.29 is 19.1 Å². The molecule has 1 aliphatic rings. The first-order valence-corrected chi connectivity index (χ1v) is 8.82. The molecule has 0 spiro atoms. The number of pyridine rings is 1. The Labute approximate surface area is 152 Å². The zero-order valence-electron chi connectivity index (χ0n) is 13.8. The summed E-state index contributed by atoms with van der Waals surface area (Å²) in [7, 11) is 0. The number of ether oxygens (including phenoxy) is 1. The number of primary amides is 1. The van der Waals surface area contributed by atoms with Crippen LogP contribution in [0.5, 0.6) is 0 Å². The number of hydrogen-bond acceptors (Lipinski definition) is 6. The van der Waals surface area contributed by atoms with Crippen LogP contribution in [0.4, 0.5) is 5.00 Å². The van der Waals surface area contributed by atoms with Crippen LogP contribution in [0.2, 0.25) is 0 Å². The second kappa shape index (κ2) is 7.52. The summed E-state index contributed by atoms with van der Waals surface area (Å²) in [4.78, 5) is 48.1. The Bertz CT molecular complexity index is 931. The van der Waals surface area contributed by atoms with E-state index in [9.17, 15) is 19.2 Å². The van der Waals surface area contributed by atoms with Crippen LogP contribution in [0, 0.1) is 0 Å². The number of hydrogen-bond donors (Lipinski definition) is 2. The van der Waals surface area contributed by atoms with Crippen LogP contribution in [-0.4, -0.2) is 29.0 Å². The minimum absolute atomic E-state index is 0.285. The van der Waals surface area contributed by atoms with Crippen molar-refractivity contribution >= 4 is 34.1 Å². The Balaban J connectivity index is 1.58. The Hall–Kier alpha value is -2.94. The highest BCUT2D eigenvalue weighted by Crippen LogP contribution is 2.38. The molecule has 0 saturated carbocycles. The number of amides is 2. The average Bonchev–Trinajstić information content (AvgIpc) is 3.15. The predicted octanol–water partition coefficient (Wildman–Crippen LogP) is 0.679. The molecule has 0 bridgehead atoms.